The molecule has 2 heterocycles. The zero-order chi connectivity index (χ0) is 15.4. The Bertz CT molecular complexity index is 474. The fourth-order valence-corrected chi connectivity index (χ4v) is 2.52. The van der Waals surface area contributed by atoms with Crippen LogP contribution in [0.25, 0.3) is 0 Å². The molecule has 0 saturated carbocycles. The van der Waals surface area contributed by atoms with Gasteiger partial charge in [-0.15, -0.1) is 0 Å². The molecular formula is C14H25N5O2. The van der Waals surface area contributed by atoms with E-state index in [2.05, 4.69) is 34.0 Å². The first-order valence-electron chi connectivity index (χ1n) is 7.37. The van der Waals surface area contributed by atoms with E-state index in [1.807, 2.05) is 7.05 Å². The summed E-state index contributed by atoms with van der Waals surface area (Å²) in [6, 6.07) is 0.561. The Morgan fingerprint density at radius 3 is 2.76 bits per heavy atom. The lowest BCUT2D eigenvalue weighted by molar-refractivity contribution is -0.130. The number of hydrogen-bond donors (Lipinski definition) is 0. The van der Waals surface area contributed by atoms with Gasteiger partial charge in [0.05, 0.1) is 6.54 Å². The molecule has 1 aromatic heterocycles. The van der Waals surface area contributed by atoms with Crippen LogP contribution in [0, 0.1) is 6.92 Å². The smallest absolute Gasteiger partial charge is 0.236 e. The Labute approximate surface area is 125 Å². The first-order valence-corrected chi connectivity index (χ1v) is 7.37. The van der Waals surface area contributed by atoms with E-state index in [0.717, 1.165) is 19.5 Å². The molecule has 1 aliphatic heterocycles. The molecule has 7 heteroatoms. The number of aromatic nitrogens is 2. The molecule has 1 aliphatic rings. The number of rotatable bonds is 6. The molecule has 0 bridgehead atoms. The molecule has 0 spiro atoms. The van der Waals surface area contributed by atoms with Gasteiger partial charge < -0.3 is 14.3 Å². The third-order valence-corrected chi connectivity index (χ3v) is 4.00. The van der Waals surface area contributed by atoms with E-state index in [0.29, 0.717) is 37.3 Å². The van der Waals surface area contributed by atoms with Crippen LogP contribution >= 0.6 is 0 Å². The van der Waals surface area contributed by atoms with E-state index >= 15 is 0 Å². The van der Waals surface area contributed by atoms with Crippen LogP contribution in [0.2, 0.25) is 0 Å². The maximum Gasteiger partial charge on any atom is 0.236 e. The lowest BCUT2D eigenvalue weighted by Crippen LogP contribution is -2.39. The van der Waals surface area contributed by atoms with Crippen molar-refractivity contribution in [2.24, 2.45) is 0 Å². The average molecular weight is 295 g/mol. The van der Waals surface area contributed by atoms with Crippen LogP contribution in [0.5, 0.6) is 0 Å². The van der Waals surface area contributed by atoms with Crippen molar-refractivity contribution in [1.82, 2.24) is 24.8 Å². The van der Waals surface area contributed by atoms with Crippen LogP contribution < -0.4 is 0 Å². The van der Waals surface area contributed by atoms with Crippen molar-refractivity contribution >= 4 is 5.91 Å². The molecule has 1 saturated heterocycles. The van der Waals surface area contributed by atoms with Crippen LogP contribution in [0.3, 0.4) is 0 Å². The van der Waals surface area contributed by atoms with Gasteiger partial charge in [-0.1, -0.05) is 5.16 Å². The molecule has 1 fully saturated rings. The number of likely N-dealkylation sites (N-methyl/N-ethyl adjacent to an activating group) is 2. The van der Waals surface area contributed by atoms with E-state index in [1.165, 1.54) is 0 Å². The van der Waals surface area contributed by atoms with Gasteiger partial charge in [0.15, 0.2) is 5.82 Å². The summed E-state index contributed by atoms with van der Waals surface area (Å²) in [5.41, 5.74) is 0. The molecule has 0 aliphatic carbocycles. The highest BCUT2D eigenvalue weighted by molar-refractivity contribution is 5.78. The third-order valence-electron chi connectivity index (χ3n) is 4.00. The Morgan fingerprint density at radius 2 is 2.19 bits per heavy atom. The Kier molecular flexibility index (Phi) is 5.30. The largest absolute Gasteiger partial charge is 0.344 e. The van der Waals surface area contributed by atoms with Gasteiger partial charge in [0.25, 0.3) is 0 Å². The van der Waals surface area contributed by atoms with Gasteiger partial charge in [-0.05, 0) is 20.5 Å². The first-order chi connectivity index (χ1) is 9.95. The summed E-state index contributed by atoms with van der Waals surface area (Å²) in [6.45, 7) is 4.83. The second kappa shape index (κ2) is 7.00. The minimum absolute atomic E-state index is 0.148. The van der Waals surface area contributed by atoms with E-state index < -0.39 is 0 Å². The summed E-state index contributed by atoms with van der Waals surface area (Å²) in [5.74, 6) is 1.36. The van der Waals surface area contributed by atoms with Gasteiger partial charge in [0, 0.05) is 46.1 Å². The third kappa shape index (κ3) is 4.50. The fraction of sp³-hybridized carbons (Fsp3) is 0.786. The fourth-order valence-electron chi connectivity index (χ4n) is 2.52. The topological polar surface area (TPSA) is 65.7 Å². The van der Waals surface area contributed by atoms with Crippen LogP contribution in [0.4, 0.5) is 0 Å². The van der Waals surface area contributed by atoms with Crippen molar-refractivity contribution in [3.8, 4) is 0 Å². The van der Waals surface area contributed by atoms with E-state index in [9.17, 15) is 4.79 Å². The SMILES string of the molecule is Cc1nc(CCN(C)C(=O)CN2CC[C@H](N(C)C)C2)no1. The molecule has 1 atom stereocenters. The van der Waals surface area contributed by atoms with Crippen LogP contribution in [0.1, 0.15) is 18.1 Å². The van der Waals surface area contributed by atoms with E-state index in [1.54, 1.807) is 11.8 Å². The minimum Gasteiger partial charge on any atom is -0.344 e. The van der Waals surface area contributed by atoms with Gasteiger partial charge in [-0.3, -0.25) is 9.69 Å². The van der Waals surface area contributed by atoms with E-state index in [4.69, 9.17) is 4.52 Å². The number of carbonyl (C=O) groups is 1. The summed E-state index contributed by atoms with van der Waals surface area (Å²) in [7, 11) is 6.01. The van der Waals surface area contributed by atoms with Gasteiger partial charge in [-0.25, -0.2) is 0 Å². The first kappa shape index (κ1) is 15.9. The van der Waals surface area contributed by atoms with Crippen LogP contribution in [-0.4, -0.2) is 84.1 Å². The normalized spacial score (nSPS) is 19.4. The maximum atomic E-state index is 12.2. The number of likely N-dealkylation sites (tertiary alicyclic amines) is 1. The summed E-state index contributed by atoms with van der Waals surface area (Å²) in [4.78, 5) is 22.5. The summed E-state index contributed by atoms with van der Waals surface area (Å²) in [6.07, 6.45) is 1.76. The summed E-state index contributed by atoms with van der Waals surface area (Å²) < 4.78 is 4.92. The molecule has 0 aromatic carbocycles. The van der Waals surface area contributed by atoms with Crippen LogP contribution in [0.15, 0.2) is 4.52 Å². The highest BCUT2D eigenvalue weighted by Crippen LogP contribution is 2.12. The number of nitrogens with zero attached hydrogens (tertiary/aromatic N) is 5. The second-order valence-corrected chi connectivity index (χ2v) is 5.94. The standard InChI is InChI=1S/C14H25N5O2/c1-11-15-13(16-21-11)6-7-18(4)14(20)10-19-8-5-12(9-19)17(2)3/h12H,5-10H2,1-4H3/t12-/m0/s1. The average Bonchev–Trinajstić information content (AvgIpc) is 3.05. The number of carbonyl (C=O) groups excluding carboxylic acids is 1. The molecule has 2 rings (SSSR count). The highest BCUT2D eigenvalue weighted by Gasteiger charge is 2.26. The molecule has 1 amide bonds. The van der Waals surface area contributed by atoms with Crippen molar-refractivity contribution in [3.05, 3.63) is 11.7 Å². The van der Waals surface area contributed by atoms with Crippen molar-refractivity contribution in [1.29, 1.82) is 0 Å². The zero-order valence-electron chi connectivity index (χ0n) is 13.4. The second-order valence-electron chi connectivity index (χ2n) is 5.94. The highest BCUT2D eigenvalue weighted by atomic mass is 16.5. The number of aryl methyl sites for hydroxylation is 1. The summed E-state index contributed by atoms with van der Waals surface area (Å²) in [5, 5.41) is 3.84. The summed E-state index contributed by atoms with van der Waals surface area (Å²) >= 11 is 0. The number of hydrogen-bond acceptors (Lipinski definition) is 6. The monoisotopic (exact) mass is 295 g/mol. The predicted molar refractivity (Wildman–Crippen MR) is 78.9 cm³/mol. The van der Waals surface area contributed by atoms with E-state index in [-0.39, 0.29) is 5.91 Å². The lowest BCUT2D eigenvalue weighted by atomic mass is 10.2. The lowest BCUT2D eigenvalue weighted by Gasteiger charge is -2.22. The van der Waals surface area contributed by atoms with Crippen molar-refractivity contribution in [2.45, 2.75) is 25.8 Å². The van der Waals surface area contributed by atoms with Gasteiger partial charge in [0.1, 0.15) is 0 Å². The Morgan fingerprint density at radius 1 is 1.43 bits per heavy atom. The molecule has 0 N–H and O–H groups in total. The Hall–Kier alpha value is -1.47. The molecule has 0 unspecified atom stereocenters. The van der Waals surface area contributed by atoms with Gasteiger partial charge in [0.2, 0.25) is 11.8 Å². The molecule has 0 radical (unpaired) electrons. The predicted octanol–water partition coefficient (Wildman–Crippen LogP) is 0.0148. The zero-order valence-corrected chi connectivity index (χ0v) is 13.4. The minimum atomic E-state index is 0.148. The maximum absolute atomic E-state index is 12.2. The van der Waals surface area contributed by atoms with Gasteiger partial charge in [-0.2, -0.15) is 4.98 Å². The molecule has 118 valence electrons. The molecule has 7 nitrogen and oxygen atoms in total. The van der Waals surface area contributed by atoms with Crippen molar-refractivity contribution in [3.63, 3.8) is 0 Å². The molecule has 21 heavy (non-hydrogen) atoms. The Balaban J connectivity index is 1.73. The molecule has 1 aromatic rings. The number of amides is 1. The van der Waals surface area contributed by atoms with Crippen molar-refractivity contribution in [2.75, 3.05) is 47.3 Å². The molecular weight excluding hydrogens is 270 g/mol. The van der Waals surface area contributed by atoms with Crippen LogP contribution in [-0.2, 0) is 11.2 Å². The quantitative estimate of drug-likeness (QED) is 0.737. The van der Waals surface area contributed by atoms with Gasteiger partial charge >= 0.3 is 0 Å². The van der Waals surface area contributed by atoms with Crippen molar-refractivity contribution < 1.29 is 9.32 Å².